The van der Waals surface area contributed by atoms with Gasteiger partial charge >= 0.3 is 18.1 Å². The Labute approximate surface area is 185 Å². The molecule has 0 saturated heterocycles. The van der Waals surface area contributed by atoms with Crippen LogP contribution in [0.3, 0.4) is 0 Å². The molecule has 0 aliphatic rings. The van der Waals surface area contributed by atoms with Gasteiger partial charge in [0.15, 0.2) is 0 Å². The molecule has 0 unspecified atom stereocenters. The quantitative estimate of drug-likeness (QED) is 0.414. The Morgan fingerprint density at radius 1 is 1.06 bits per heavy atom. The Kier molecular flexibility index (Phi) is 10.6. The number of ether oxygens (including phenoxy) is 1. The molecule has 0 aliphatic heterocycles. The van der Waals surface area contributed by atoms with E-state index in [1.165, 1.54) is 13.8 Å². The summed E-state index contributed by atoms with van der Waals surface area (Å²) < 4.78 is 45.9. The molecular formula is C22H31F3N2O5. The Hall–Kier alpha value is -2.62. The maximum absolute atomic E-state index is 13.5. The first-order valence-electron chi connectivity index (χ1n) is 10.4. The standard InChI is InChI=1S/C22H31F3N2O5/c1-13(2)10-17(21(31)32-12-15-8-6-5-7-9-15)26-11-16(22(23,24)25)19(28)27-18(14(3)4)20(29)30/h5-9,13-14,16-18,26H,10-12H2,1-4H3,(H,27,28)(H,29,30)/t16-,17+,18+/m1/s1. The van der Waals surface area contributed by atoms with E-state index in [9.17, 15) is 27.6 Å². The number of halogens is 3. The predicted octanol–water partition coefficient (Wildman–Crippen LogP) is 3.14. The highest BCUT2D eigenvalue weighted by molar-refractivity contribution is 5.85. The number of carbonyl (C=O) groups excluding carboxylic acids is 2. The van der Waals surface area contributed by atoms with E-state index < -0.39 is 54.5 Å². The van der Waals surface area contributed by atoms with Gasteiger partial charge in [0.2, 0.25) is 5.91 Å². The van der Waals surface area contributed by atoms with Crippen molar-refractivity contribution in [3.63, 3.8) is 0 Å². The monoisotopic (exact) mass is 460 g/mol. The van der Waals surface area contributed by atoms with Gasteiger partial charge in [-0.25, -0.2) is 4.79 Å². The molecule has 0 bridgehead atoms. The van der Waals surface area contributed by atoms with Crippen molar-refractivity contribution in [2.24, 2.45) is 17.8 Å². The highest BCUT2D eigenvalue weighted by Gasteiger charge is 2.46. The fourth-order valence-corrected chi connectivity index (χ4v) is 2.95. The van der Waals surface area contributed by atoms with E-state index in [0.717, 1.165) is 5.56 Å². The molecule has 32 heavy (non-hydrogen) atoms. The molecule has 0 fully saturated rings. The molecule has 0 heterocycles. The number of hydrogen-bond acceptors (Lipinski definition) is 5. The first-order chi connectivity index (χ1) is 14.8. The molecule has 0 spiro atoms. The summed E-state index contributed by atoms with van der Waals surface area (Å²) in [5.74, 6) is -6.79. The van der Waals surface area contributed by atoms with Crippen LogP contribution in [-0.4, -0.2) is 47.8 Å². The summed E-state index contributed by atoms with van der Waals surface area (Å²) >= 11 is 0. The number of aliphatic carboxylic acids is 1. The summed E-state index contributed by atoms with van der Waals surface area (Å²) in [6, 6.07) is 6.30. The van der Waals surface area contributed by atoms with Crippen LogP contribution in [0.25, 0.3) is 0 Å². The number of nitrogens with one attached hydrogen (secondary N) is 2. The molecule has 3 N–H and O–H groups in total. The van der Waals surface area contributed by atoms with E-state index in [4.69, 9.17) is 9.84 Å². The topological polar surface area (TPSA) is 105 Å². The van der Waals surface area contributed by atoms with Crippen molar-refractivity contribution < 1.29 is 37.4 Å². The molecule has 10 heteroatoms. The van der Waals surface area contributed by atoms with Crippen LogP contribution in [0.15, 0.2) is 30.3 Å². The summed E-state index contributed by atoms with van der Waals surface area (Å²) in [6.45, 7) is 5.62. The minimum absolute atomic E-state index is 0.0339. The number of benzene rings is 1. The number of alkyl halides is 3. The van der Waals surface area contributed by atoms with E-state index in [-0.39, 0.29) is 18.9 Å². The third-order valence-corrected chi connectivity index (χ3v) is 4.73. The number of amides is 1. The fourth-order valence-electron chi connectivity index (χ4n) is 2.95. The van der Waals surface area contributed by atoms with Crippen molar-refractivity contribution in [3.05, 3.63) is 35.9 Å². The molecular weight excluding hydrogens is 429 g/mol. The van der Waals surface area contributed by atoms with Gasteiger partial charge in [0.25, 0.3) is 0 Å². The number of carboxylic acid groups (broad SMARTS) is 1. The maximum Gasteiger partial charge on any atom is 0.401 e. The van der Waals surface area contributed by atoms with Crippen molar-refractivity contribution in [1.29, 1.82) is 0 Å². The third-order valence-electron chi connectivity index (χ3n) is 4.73. The summed E-state index contributed by atoms with van der Waals surface area (Å²) in [7, 11) is 0. The van der Waals surface area contributed by atoms with Crippen LogP contribution < -0.4 is 10.6 Å². The molecule has 0 radical (unpaired) electrons. The zero-order chi connectivity index (χ0) is 24.5. The Morgan fingerprint density at radius 3 is 2.12 bits per heavy atom. The molecule has 0 aromatic heterocycles. The molecule has 1 rings (SSSR count). The zero-order valence-corrected chi connectivity index (χ0v) is 18.6. The lowest BCUT2D eigenvalue weighted by Crippen LogP contribution is -2.53. The van der Waals surface area contributed by atoms with E-state index in [0.29, 0.717) is 0 Å². The average Bonchev–Trinajstić information content (AvgIpc) is 2.68. The normalized spacial score (nSPS) is 14.7. The molecule has 0 saturated carbocycles. The second-order valence-electron chi connectivity index (χ2n) is 8.35. The maximum atomic E-state index is 13.5. The van der Waals surface area contributed by atoms with Crippen LogP contribution in [-0.2, 0) is 25.7 Å². The summed E-state index contributed by atoms with van der Waals surface area (Å²) in [5.41, 5.74) is 0.727. The van der Waals surface area contributed by atoms with E-state index in [1.54, 1.807) is 44.2 Å². The van der Waals surface area contributed by atoms with Gasteiger partial charge in [-0.3, -0.25) is 9.59 Å². The van der Waals surface area contributed by atoms with Crippen LogP contribution in [0.5, 0.6) is 0 Å². The molecule has 1 aromatic rings. The number of hydrogen-bond donors (Lipinski definition) is 3. The SMILES string of the molecule is CC(C)C[C@H](NC[C@H](C(=O)N[C@H](C(=O)O)C(C)C)C(F)(F)F)C(=O)OCc1ccccc1. The second-order valence-corrected chi connectivity index (χ2v) is 8.35. The van der Waals surface area contributed by atoms with Gasteiger partial charge in [0.1, 0.15) is 24.6 Å². The first-order valence-corrected chi connectivity index (χ1v) is 10.4. The van der Waals surface area contributed by atoms with Crippen molar-refractivity contribution in [2.75, 3.05) is 6.54 Å². The van der Waals surface area contributed by atoms with Gasteiger partial charge in [-0.05, 0) is 23.8 Å². The number of carbonyl (C=O) groups is 3. The molecule has 180 valence electrons. The molecule has 0 aliphatic carbocycles. The Bertz CT molecular complexity index is 754. The summed E-state index contributed by atoms with van der Waals surface area (Å²) in [6.07, 6.45) is -4.74. The van der Waals surface area contributed by atoms with Crippen molar-refractivity contribution in [3.8, 4) is 0 Å². The molecule has 7 nitrogen and oxygen atoms in total. The largest absolute Gasteiger partial charge is 0.480 e. The minimum atomic E-state index is -4.94. The average molecular weight is 460 g/mol. The number of esters is 1. The predicted molar refractivity (Wildman–Crippen MR) is 111 cm³/mol. The first kappa shape index (κ1) is 27.4. The Morgan fingerprint density at radius 2 is 1.66 bits per heavy atom. The summed E-state index contributed by atoms with van der Waals surface area (Å²) in [4.78, 5) is 36.0. The minimum Gasteiger partial charge on any atom is -0.480 e. The van der Waals surface area contributed by atoms with Gasteiger partial charge in [-0.1, -0.05) is 58.0 Å². The van der Waals surface area contributed by atoms with Crippen LogP contribution in [0.2, 0.25) is 0 Å². The lowest BCUT2D eigenvalue weighted by molar-refractivity contribution is -0.184. The highest BCUT2D eigenvalue weighted by Crippen LogP contribution is 2.27. The van der Waals surface area contributed by atoms with Crippen LogP contribution in [0, 0.1) is 17.8 Å². The number of rotatable bonds is 12. The van der Waals surface area contributed by atoms with Gasteiger partial charge in [-0.2, -0.15) is 13.2 Å². The summed E-state index contributed by atoms with van der Waals surface area (Å²) in [5, 5.41) is 13.6. The van der Waals surface area contributed by atoms with E-state index in [1.807, 2.05) is 5.32 Å². The lowest BCUT2D eigenvalue weighted by atomic mass is 10.0. The molecule has 1 aromatic carbocycles. The van der Waals surface area contributed by atoms with E-state index in [2.05, 4.69) is 5.32 Å². The van der Waals surface area contributed by atoms with Crippen molar-refractivity contribution in [2.45, 2.75) is 59.0 Å². The van der Waals surface area contributed by atoms with Crippen molar-refractivity contribution >= 4 is 17.8 Å². The van der Waals surface area contributed by atoms with Crippen molar-refractivity contribution in [1.82, 2.24) is 10.6 Å². The molecule has 3 atom stereocenters. The van der Waals surface area contributed by atoms with Gasteiger partial charge < -0.3 is 20.5 Å². The lowest BCUT2D eigenvalue weighted by Gasteiger charge is -2.26. The fraction of sp³-hybridized carbons (Fsp3) is 0.591. The van der Waals surface area contributed by atoms with Crippen LogP contribution in [0.4, 0.5) is 13.2 Å². The van der Waals surface area contributed by atoms with Crippen LogP contribution >= 0.6 is 0 Å². The highest BCUT2D eigenvalue weighted by atomic mass is 19.4. The number of carboxylic acids is 1. The smallest absolute Gasteiger partial charge is 0.401 e. The third kappa shape index (κ3) is 9.25. The van der Waals surface area contributed by atoms with Gasteiger partial charge in [0.05, 0.1) is 0 Å². The van der Waals surface area contributed by atoms with E-state index >= 15 is 0 Å². The van der Waals surface area contributed by atoms with Crippen LogP contribution in [0.1, 0.15) is 39.7 Å². The Balaban J connectivity index is 2.88. The van der Waals surface area contributed by atoms with Gasteiger partial charge in [0, 0.05) is 6.54 Å². The zero-order valence-electron chi connectivity index (χ0n) is 18.6. The van der Waals surface area contributed by atoms with Gasteiger partial charge in [-0.15, -0.1) is 0 Å². The molecule has 1 amide bonds. The second kappa shape index (κ2) is 12.4.